The van der Waals surface area contributed by atoms with E-state index in [1.165, 1.54) is 0 Å². The highest BCUT2D eigenvalue weighted by Gasteiger charge is 2.26. The number of hydrogen-bond acceptors (Lipinski definition) is 3. The molecule has 2 nitrogen and oxygen atoms in total. The molecule has 1 fully saturated rings. The van der Waals surface area contributed by atoms with Gasteiger partial charge < -0.3 is 0 Å². The summed E-state index contributed by atoms with van der Waals surface area (Å²) < 4.78 is 0. The average molecular weight is 263 g/mol. The van der Waals surface area contributed by atoms with E-state index >= 15 is 0 Å². The fourth-order valence-electron chi connectivity index (χ4n) is 2.37. The normalized spacial score (nSPS) is 25.1. The van der Waals surface area contributed by atoms with Crippen LogP contribution in [0.5, 0.6) is 0 Å². The van der Waals surface area contributed by atoms with Gasteiger partial charge in [-0.1, -0.05) is 31.2 Å². The number of benzene rings is 1. The van der Waals surface area contributed by atoms with Gasteiger partial charge in [-0.3, -0.25) is 9.69 Å². The van der Waals surface area contributed by atoms with Crippen molar-refractivity contribution in [3.63, 3.8) is 0 Å². The van der Waals surface area contributed by atoms with Crippen LogP contribution in [0.2, 0.25) is 0 Å². The van der Waals surface area contributed by atoms with Crippen molar-refractivity contribution in [3.8, 4) is 0 Å². The van der Waals surface area contributed by atoms with E-state index in [-0.39, 0.29) is 5.78 Å². The summed E-state index contributed by atoms with van der Waals surface area (Å²) in [4.78, 5) is 14.7. The molecular weight excluding hydrogens is 242 g/mol. The van der Waals surface area contributed by atoms with Crippen LogP contribution in [0.3, 0.4) is 0 Å². The predicted molar refractivity (Wildman–Crippen MR) is 78.5 cm³/mol. The lowest BCUT2D eigenvalue weighted by molar-refractivity contribution is 0.0901. The standard InChI is InChI=1S/C15H21NOS/c1-11-6-4-5-7-14(11)15(17)10-16-8-9-18-13(3)12(16)2/h4-7,12-13H,8-10H2,1-3H3. The van der Waals surface area contributed by atoms with Crippen LogP contribution in [0.25, 0.3) is 0 Å². The van der Waals surface area contributed by atoms with Crippen LogP contribution in [0.1, 0.15) is 29.8 Å². The van der Waals surface area contributed by atoms with E-state index in [0.29, 0.717) is 17.8 Å². The van der Waals surface area contributed by atoms with Crippen LogP contribution in [0, 0.1) is 6.92 Å². The Hall–Kier alpha value is -0.800. The van der Waals surface area contributed by atoms with Gasteiger partial charge in [-0.15, -0.1) is 0 Å². The molecule has 1 heterocycles. The fraction of sp³-hybridized carbons (Fsp3) is 0.533. The molecule has 18 heavy (non-hydrogen) atoms. The van der Waals surface area contributed by atoms with Gasteiger partial charge in [0, 0.05) is 29.2 Å². The summed E-state index contributed by atoms with van der Waals surface area (Å²) in [6, 6.07) is 8.35. The second-order valence-electron chi connectivity index (χ2n) is 5.03. The van der Waals surface area contributed by atoms with Crippen molar-refractivity contribution in [1.29, 1.82) is 0 Å². The van der Waals surface area contributed by atoms with Gasteiger partial charge in [0.25, 0.3) is 0 Å². The van der Waals surface area contributed by atoms with Crippen LogP contribution < -0.4 is 0 Å². The molecule has 2 rings (SSSR count). The summed E-state index contributed by atoms with van der Waals surface area (Å²) in [7, 11) is 0. The molecule has 1 aromatic carbocycles. The summed E-state index contributed by atoms with van der Waals surface area (Å²) in [6.07, 6.45) is 0. The van der Waals surface area contributed by atoms with Gasteiger partial charge >= 0.3 is 0 Å². The Balaban J connectivity index is 2.05. The number of nitrogens with zero attached hydrogens (tertiary/aromatic N) is 1. The van der Waals surface area contributed by atoms with Crippen molar-refractivity contribution < 1.29 is 4.79 Å². The molecule has 3 heteroatoms. The Labute approximate surface area is 114 Å². The zero-order valence-electron chi connectivity index (χ0n) is 11.3. The topological polar surface area (TPSA) is 20.3 Å². The Kier molecular flexibility index (Phi) is 4.46. The number of aryl methyl sites for hydroxylation is 1. The van der Waals surface area contributed by atoms with Gasteiger partial charge in [0.2, 0.25) is 0 Å². The maximum absolute atomic E-state index is 12.3. The van der Waals surface area contributed by atoms with Crippen LogP contribution in [-0.4, -0.2) is 40.8 Å². The highest BCUT2D eigenvalue weighted by atomic mass is 32.2. The fourth-order valence-corrected chi connectivity index (χ4v) is 3.54. The molecule has 1 saturated heterocycles. The quantitative estimate of drug-likeness (QED) is 0.782. The highest BCUT2D eigenvalue weighted by Crippen LogP contribution is 2.24. The minimum Gasteiger partial charge on any atom is -0.293 e. The number of carbonyl (C=O) groups is 1. The Bertz CT molecular complexity index is 432. The van der Waals surface area contributed by atoms with Crippen LogP contribution in [0.15, 0.2) is 24.3 Å². The lowest BCUT2D eigenvalue weighted by atomic mass is 10.0. The minimum atomic E-state index is 0.249. The molecule has 1 aliphatic rings. The molecule has 1 aromatic rings. The molecule has 0 bridgehead atoms. The van der Waals surface area contributed by atoms with E-state index in [4.69, 9.17) is 0 Å². The molecule has 0 N–H and O–H groups in total. The average Bonchev–Trinajstić information content (AvgIpc) is 2.35. The van der Waals surface area contributed by atoms with Crippen LogP contribution in [0.4, 0.5) is 0 Å². The molecule has 0 aliphatic carbocycles. The van der Waals surface area contributed by atoms with E-state index in [9.17, 15) is 4.79 Å². The van der Waals surface area contributed by atoms with Crippen molar-refractivity contribution in [1.82, 2.24) is 4.90 Å². The zero-order valence-corrected chi connectivity index (χ0v) is 12.2. The summed E-state index contributed by atoms with van der Waals surface area (Å²) in [5.74, 6) is 1.38. The number of thioether (sulfide) groups is 1. The van der Waals surface area contributed by atoms with Gasteiger partial charge in [-0.05, 0) is 19.4 Å². The number of hydrogen-bond donors (Lipinski definition) is 0. The smallest absolute Gasteiger partial charge is 0.177 e. The minimum absolute atomic E-state index is 0.249. The predicted octanol–water partition coefficient (Wildman–Crippen LogP) is 3.00. The molecule has 0 radical (unpaired) electrons. The number of carbonyl (C=O) groups excluding carboxylic acids is 1. The van der Waals surface area contributed by atoms with E-state index in [1.54, 1.807) is 0 Å². The van der Waals surface area contributed by atoms with Gasteiger partial charge in [0.15, 0.2) is 5.78 Å². The molecular formula is C15H21NOS. The van der Waals surface area contributed by atoms with E-state index in [2.05, 4.69) is 18.7 Å². The summed E-state index contributed by atoms with van der Waals surface area (Å²) >= 11 is 2.00. The van der Waals surface area contributed by atoms with Gasteiger partial charge in [0.05, 0.1) is 6.54 Å². The number of rotatable bonds is 3. The summed E-state index contributed by atoms with van der Waals surface area (Å²) in [6.45, 7) is 8.05. The number of ketones is 1. The second kappa shape index (κ2) is 5.89. The van der Waals surface area contributed by atoms with Crippen molar-refractivity contribution in [3.05, 3.63) is 35.4 Å². The molecule has 0 saturated carbocycles. The third kappa shape index (κ3) is 2.96. The van der Waals surface area contributed by atoms with Crippen molar-refractivity contribution in [2.45, 2.75) is 32.1 Å². The monoisotopic (exact) mass is 263 g/mol. The lowest BCUT2D eigenvalue weighted by Gasteiger charge is -2.37. The Morgan fingerprint density at radius 1 is 1.39 bits per heavy atom. The first-order valence-corrected chi connectivity index (χ1v) is 7.59. The van der Waals surface area contributed by atoms with Gasteiger partial charge in [-0.2, -0.15) is 11.8 Å². The molecule has 2 unspecified atom stereocenters. The first-order valence-electron chi connectivity index (χ1n) is 6.54. The molecule has 1 aliphatic heterocycles. The van der Waals surface area contributed by atoms with E-state index in [1.807, 2.05) is 43.0 Å². The van der Waals surface area contributed by atoms with E-state index in [0.717, 1.165) is 23.4 Å². The molecule has 0 amide bonds. The van der Waals surface area contributed by atoms with Crippen molar-refractivity contribution >= 4 is 17.5 Å². The molecule has 2 atom stereocenters. The van der Waals surface area contributed by atoms with E-state index < -0.39 is 0 Å². The Morgan fingerprint density at radius 2 is 2.11 bits per heavy atom. The SMILES string of the molecule is Cc1ccccc1C(=O)CN1CCSC(C)C1C. The Morgan fingerprint density at radius 3 is 2.83 bits per heavy atom. The van der Waals surface area contributed by atoms with Crippen LogP contribution in [-0.2, 0) is 0 Å². The highest BCUT2D eigenvalue weighted by molar-refractivity contribution is 8.00. The van der Waals surface area contributed by atoms with Crippen molar-refractivity contribution in [2.75, 3.05) is 18.8 Å². The molecule has 98 valence electrons. The first kappa shape index (κ1) is 13.6. The lowest BCUT2D eigenvalue weighted by Crippen LogP contribution is -2.46. The van der Waals surface area contributed by atoms with Crippen LogP contribution >= 0.6 is 11.8 Å². The third-order valence-corrected chi connectivity index (χ3v) is 5.14. The summed E-state index contributed by atoms with van der Waals surface area (Å²) in [5, 5.41) is 0.614. The maximum Gasteiger partial charge on any atom is 0.177 e. The molecule has 0 spiro atoms. The first-order chi connectivity index (χ1) is 8.59. The second-order valence-corrected chi connectivity index (χ2v) is 6.51. The zero-order chi connectivity index (χ0) is 13.1. The maximum atomic E-state index is 12.3. The number of Topliss-reactive ketones (excluding diaryl/α,β-unsaturated/α-hetero) is 1. The van der Waals surface area contributed by atoms with Gasteiger partial charge in [-0.25, -0.2) is 0 Å². The van der Waals surface area contributed by atoms with Gasteiger partial charge in [0.1, 0.15) is 0 Å². The summed E-state index contributed by atoms with van der Waals surface area (Å²) in [5.41, 5.74) is 1.95. The largest absolute Gasteiger partial charge is 0.293 e. The third-order valence-electron chi connectivity index (χ3n) is 3.81. The molecule has 0 aromatic heterocycles. The van der Waals surface area contributed by atoms with Crippen molar-refractivity contribution in [2.24, 2.45) is 0 Å².